The molecule has 0 bridgehead atoms. The number of nitrogens with zero attached hydrogens (tertiary/aromatic N) is 2. The van der Waals surface area contributed by atoms with Crippen LogP contribution in [0.5, 0.6) is 11.5 Å². The molecular formula is C15H13N3O2. The van der Waals surface area contributed by atoms with Crippen LogP contribution in [0.2, 0.25) is 0 Å². The number of hydrogen-bond acceptors (Lipinski definition) is 5. The Kier molecular flexibility index (Phi) is 3.38. The van der Waals surface area contributed by atoms with Crippen LogP contribution in [-0.4, -0.2) is 18.2 Å². The Bertz CT molecular complexity index is 647. The number of pyridine rings is 1. The van der Waals surface area contributed by atoms with Crippen molar-refractivity contribution >= 4 is 11.5 Å². The van der Waals surface area contributed by atoms with E-state index in [1.54, 1.807) is 12.1 Å². The molecule has 100 valence electrons. The summed E-state index contributed by atoms with van der Waals surface area (Å²) in [5.41, 5.74) is 1.40. The fourth-order valence-electron chi connectivity index (χ4n) is 1.92. The zero-order valence-corrected chi connectivity index (χ0v) is 10.8. The van der Waals surface area contributed by atoms with Gasteiger partial charge in [-0.1, -0.05) is 0 Å². The van der Waals surface area contributed by atoms with E-state index in [0.717, 1.165) is 23.6 Å². The first-order valence-electron chi connectivity index (χ1n) is 6.38. The minimum Gasteiger partial charge on any atom is -0.490 e. The second-order valence-electron chi connectivity index (χ2n) is 4.38. The van der Waals surface area contributed by atoms with E-state index in [9.17, 15) is 0 Å². The third kappa shape index (κ3) is 2.64. The number of nitrogens with one attached hydrogen (secondary N) is 1. The number of benzene rings is 1. The molecule has 0 amide bonds. The predicted octanol–water partition coefficient (Wildman–Crippen LogP) is 2.86. The number of anilines is 2. The van der Waals surface area contributed by atoms with E-state index in [2.05, 4.69) is 10.3 Å². The van der Waals surface area contributed by atoms with Crippen molar-refractivity contribution in [1.29, 1.82) is 5.26 Å². The highest BCUT2D eigenvalue weighted by molar-refractivity contribution is 5.61. The lowest BCUT2D eigenvalue weighted by atomic mass is 10.2. The van der Waals surface area contributed by atoms with Crippen LogP contribution >= 0.6 is 0 Å². The summed E-state index contributed by atoms with van der Waals surface area (Å²) >= 11 is 0. The molecule has 1 aromatic carbocycles. The van der Waals surface area contributed by atoms with Crippen LogP contribution in [0.1, 0.15) is 12.0 Å². The molecule has 0 saturated carbocycles. The van der Waals surface area contributed by atoms with Crippen molar-refractivity contribution in [1.82, 2.24) is 4.98 Å². The number of nitriles is 1. The Morgan fingerprint density at radius 2 is 1.95 bits per heavy atom. The molecule has 0 aliphatic carbocycles. The molecule has 5 heteroatoms. The van der Waals surface area contributed by atoms with E-state index >= 15 is 0 Å². The molecule has 5 nitrogen and oxygen atoms in total. The van der Waals surface area contributed by atoms with Crippen LogP contribution in [0, 0.1) is 11.3 Å². The van der Waals surface area contributed by atoms with Gasteiger partial charge in [0.25, 0.3) is 0 Å². The van der Waals surface area contributed by atoms with Crippen LogP contribution in [0.25, 0.3) is 0 Å². The fraction of sp³-hybridized carbons (Fsp3) is 0.200. The maximum atomic E-state index is 8.74. The Labute approximate surface area is 116 Å². The molecule has 1 aliphatic heterocycles. The molecule has 0 radical (unpaired) electrons. The molecule has 2 aromatic rings. The number of ether oxygens (including phenoxy) is 2. The van der Waals surface area contributed by atoms with Crippen molar-refractivity contribution in [3.05, 3.63) is 42.1 Å². The lowest BCUT2D eigenvalue weighted by Crippen LogP contribution is -1.97. The normalized spacial score (nSPS) is 13.2. The predicted molar refractivity (Wildman–Crippen MR) is 74.3 cm³/mol. The molecule has 0 unspecified atom stereocenters. The SMILES string of the molecule is N#Cc1ccc(Nc2ccc3c(c2)OCCCO3)nc1. The molecule has 20 heavy (non-hydrogen) atoms. The topological polar surface area (TPSA) is 67.2 Å². The lowest BCUT2D eigenvalue weighted by molar-refractivity contribution is 0.297. The van der Waals surface area contributed by atoms with Gasteiger partial charge in [-0.25, -0.2) is 4.98 Å². The Morgan fingerprint density at radius 1 is 1.10 bits per heavy atom. The summed E-state index contributed by atoms with van der Waals surface area (Å²) in [5, 5.41) is 11.9. The van der Waals surface area contributed by atoms with Crippen molar-refractivity contribution < 1.29 is 9.47 Å². The van der Waals surface area contributed by atoms with Crippen LogP contribution in [0.4, 0.5) is 11.5 Å². The van der Waals surface area contributed by atoms with Crippen LogP contribution < -0.4 is 14.8 Å². The van der Waals surface area contributed by atoms with Gasteiger partial charge in [0.15, 0.2) is 11.5 Å². The van der Waals surface area contributed by atoms with Gasteiger partial charge in [-0.2, -0.15) is 5.26 Å². The van der Waals surface area contributed by atoms with Crippen molar-refractivity contribution in [2.45, 2.75) is 6.42 Å². The van der Waals surface area contributed by atoms with E-state index in [-0.39, 0.29) is 0 Å². The average molecular weight is 267 g/mol. The lowest BCUT2D eigenvalue weighted by Gasteiger charge is -2.10. The molecule has 1 aromatic heterocycles. The van der Waals surface area contributed by atoms with E-state index < -0.39 is 0 Å². The van der Waals surface area contributed by atoms with Crippen LogP contribution in [0.15, 0.2) is 36.5 Å². The smallest absolute Gasteiger partial charge is 0.163 e. The third-order valence-corrected chi connectivity index (χ3v) is 2.91. The maximum absolute atomic E-state index is 8.74. The van der Waals surface area contributed by atoms with Gasteiger partial charge >= 0.3 is 0 Å². The summed E-state index contributed by atoms with van der Waals surface area (Å²) in [5.74, 6) is 2.18. The Hall–Kier alpha value is -2.74. The molecule has 1 N–H and O–H groups in total. The minimum absolute atomic E-state index is 0.536. The Morgan fingerprint density at radius 3 is 2.70 bits per heavy atom. The summed E-state index contributed by atoms with van der Waals surface area (Å²) in [6.45, 7) is 1.34. The van der Waals surface area contributed by atoms with Gasteiger partial charge < -0.3 is 14.8 Å². The summed E-state index contributed by atoms with van der Waals surface area (Å²) in [6.07, 6.45) is 2.42. The highest BCUT2D eigenvalue weighted by Gasteiger charge is 2.10. The van der Waals surface area contributed by atoms with Gasteiger partial charge in [-0.15, -0.1) is 0 Å². The first-order chi connectivity index (χ1) is 9.85. The van der Waals surface area contributed by atoms with Crippen molar-refractivity contribution in [3.8, 4) is 17.6 Å². The van der Waals surface area contributed by atoms with Gasteiger partial charge in [-0.3, -0.25) is 0 Å². The average Bonchev–Trinajstić information content (AvgIpc) is 2.73. The van der Waals surface area contributed by atoms with E-state index in [4.69, 9.17) is 14.7 Å². The molecular weight excluding hydrogens is 254 g/mol. The molecule has 0 saturated heterocycles. The fourth-order valence-corrected chi connectivity index (χ4v) is 1.92. The van der Waals surface area contributed by atoms with Gasteiger partial charge in [-0.05, 0) is 24.3 Å². The number of fused-ring (bicyclic) bond motifs is 1. The van der Waals surface area contributed by atoms with E-state index in [0.29, 0.717) is 24.6 Å². The standard InChI is InChI=1S/C15H13N3O2/c16-9-11-2-5-15(17-10-11)18-12-3-4-13-14(8-12)20-7-1-6-19-13/h2-5,8,10H,1,6-7H2,(H,17,18). The van der Waals surface area contributed by atoms with E-state index in [1.165, 1.54) is 6.20 Å². The Balaban J connectivity index is 1.80. The number of aromatic nitrogens is 1. The molecule has 0 atom stereocenters. The van der Waals surface area contributed by atoms with Gasteiger partial charge in [0.2, 0.25) is 0 Å². The first-order valence-corrected chi connectivity index (χ1v) is 6.38. The van der Waals surface area contributed by atoms with Crippen LogP contribution in [0.3, 0.4) is 0 Å². The summed E-state index contributed by atoms with van der Waals surface area (Å²) < 4.78 is 11.2. The molecule has 3 rings (SSSR count). The molecule has 0 fully saturated rings. The van der Waals surface area contributed by atoms with Crippen LogP contribution in [-0.2, 0) is 0 Å². The zero-order valence-electron chi connectivity index (χ0n) is 10.8. The van der Waals surface area contributed by atoms with Crippen molar-refractivity contribution in [2.75, 3.05) is 18.5 Å². The second-order valence-corrected chi connectivity index (χ2v) is 4.38. The molecule has 0 spiro atoms. The zero-order chi connectivity index (χ0) is 13.8. The van der Waals surface area contributed by atoms with Gasteiger partial charge in [0, 0.05) is 24.4 Å². The summed E-state index contributed by atoms with van der Waals surface area (Å²) in [4.78, 5) is 4.17. The summed E-state index contributed by atoms with van der Waals surface area (Å²) in [7, 11) is 0. The second kappa shape index (κ2) is 5.49. The third-order valence-electron chi connectivity index (χ3n) is 2.91. The highest BCUT2D eigenvalue weighted by Crippen LogP contribution is 2.33. The monoisotopic (exact) mass is 267 g/mol. The molecule has 2 heterocycles. The van der Waals surface area contributed by atoms with Gasteiger partial charge in [0.1, 0.15) is 11.9 Å². The largest absolute Gasteiger partial charge is 0.490 e. The minimum atomic E-state index is 0.536. The highest BCUT2D eigenvalue weighted by atomic mass is 16.5. The first kappa shape index (κ1) is 12.3. The van der Waals surface area contributed by atoms with Gasteiger partial charge in [0.05, 0.1) is 18.8 Å². The number of rotatable bonds is 2. The van der Waals surface area contributed by atoms with Crippen molar-refractivity contribution in [3.63, 3.8) is 0 Å². The quantitative estimate of drug-likeness (QED) is 0.906. The molecule has 1 aliphatic rings. The summed E-state index contributed by atoms with van der Waals surface area (Å²) in [6, 6.07) is 11.2. The van der Waals surface area contributed by atoms with E-state index in [1.807, 2.05) is 24.3 Å². The number of hydrogen-bond donors (Lipinski definition) is 1. The van der Waals surface area contributed by atoms with Crippen molar-refractivity contribution in [2.24, 2.45) is 0 Å². The maximum Gasteiger partial charge on any atom is 0.163 e.